The van der Waals surface area contributed by atoms with E-state index in [0.717, 1.165) is 6.07 Å². The zero-order chi connectivity index (χ0) is 13.3. The van der Waals surface area contributed by atoms with Crippen LogP contribution in [0.2, 0.25) is 0 Å². The van der Waals surface area contributed by atoms with E-state index in [1.54, 1.807) is 4.90 Å². The number of nitrogens with zero attached hydrogens (tertiary/aromatic N) is 2. The van der Waals surface area contributed by atoms with Crippen LogP contribution in [0.4, 0.5) is 15.8 Å². The fraction of sp³-hybridized carbons (Fsp3) is 0.364. The molecule has 96 valence electrons. The molecular formula is C11H11FN2O4. The zero-order valence-electron chi connectivity index (χ0n) is 9.38. The summed E-state index contributed by atoms with van der Waals surface area (Å²) in [5.41, 5.74) is 0.120. The van der Waals surface area contributed by atoms with E-state index < -0.39 is 16.7 Å². The number of aliphatic carboxylic acids is 1. The molecule has 1 aliphatic rings. The van der Waals surface area contributed by atoms with Crippen LogP contribution in [0.5, 0.6) is 0 Å². The third kappa shape index (κ3) is 2.55. The van der Waals surface area contributed by atoms with Gasteiger partial charge in [0.15, 0.2) is 0 Å². The van der Waals surface area contributed by atoms with Crippen LogP contribution in [0.1, 0.15) is 6.42 Å². The Morgan fingerprint density at radius 1 is 1.50 bits per heavy atom. The summed E-state index contributed by atoms with van der Waals surface area (Å²) in [6.07, 6.45) is 0.0634. The molecule has 1 aliphatic heterocycles. The Kier molecular flexibility index (Phi) is 3.14. The van der Waals surface area contributed by atoms with Gasteiger partial charge in [-0.3, -0.25) is 14.9 Å². The maximum atomic E-state index is 13.2. The first kappa shape index (κ1) is 12.3. The van der Waals surface area contributed by atoms with Crippen LogP contribution in [0, 0.1) is 21.8 Å². The van der Waals surface area contributed by atoms with Crippen molar-refractivity contribution < 1.29 is 19.2 Å². The fourth-order valence-electron chi connectivity index (χ4n) is 2.00. The Balaban J connectivity index is 2.07. The van der Waals surface area contributed by atoms with Crippen molar-refractivity contribution in [2.75, 3.05) is 18.0 Å². The molecule has 18 heavy (non-hydrogen) atoms. The minimum atomic E-state index is -0.870. The summed E-state index contributed by atoms with van der Waals surface area (Å²) in [7, 11) is 0. The van der Waals surface area contributed by atoms with Crippen LogP contribution in [0.25, 0.3) is 0 Å². The van der Waals surface area contributed by atoms with Crippen LogP contribution in [-0.2, 0) is 4.79 Å². The van der Waals surface area contributed by atoms with Crippen molar-refractivity contribution in [3.63, 3.8) is 0 Å². The average molecular weight is 254 g/mol. The largest absolute Gasteiger partial charge is 0.481 e. The summed E-state index contributed by atoms with van der Waals surface area (Å²) >= 11 is 0. The maximum absolute atomic E-state index is 13.2. The molecular weight excluding hydrogens is 243 g/mol. The Labute approximate surface area is 102 Å². The van der Waals surface area contributed by atoms with E-state index in [1.165, 1.54) is 12.1 Å². The lowest BCUT2D eigenvalue weighted by molar-refractivity contribution is -0.385. The van der Waals surface area contributed by atoms with Crippen molar-refractivity contribution in [3.8, 4) is 0 Å². The SMILES string of the molecule is O=C(O)CC1CN(c2cc(F)cc([N+](=O)[O-])c2)C1. The van der Waals surface area contributed by atoms with E-state index in [0.29, 0.717) is 18.8 Å². The van der Waals surface area contributed by atoms with Gasteiger partial charge < -0.3 is 10.0 Å². The Morgan fingerprint density at radius 2 is 2.17 bits per heavy atom. The number of hydrogen-bond donors (Lipinski definition) is 1. The van der Waals surface area contributed by atoms with Crippen molar-refractivity contribution in [1.29, 1.82) is 0 Å². The summed E-state index contributed by atoms with van der Waals surface area (Å²) < 4.78 is 13.2. The molecule has 0 aromatic heterocycles. The van der Waals surface area contributed by atoms with Crippen molar-refractivity contribution in [2.45, 2.75) is 6.42 Å². The van der Waals surface area contributed by atoms with Crippen LogP contribution < -0.4 is 4.90 Å². The van der Waals surface area contributed by atoms with E-state index in [-0.39, 0.29) is 18.0 Å². The van der Waals surface area contributed by atoms with Crippen LogP contribution in [0.3, 0.4) is 0 Å². The lowest BCUT2D eigenvalue weighted by atomic mass is 9.95. The minimum Gasteiger partial charge on any atom is -0.481 e. The molecule has 0 atom stereocenters. The van der Waals surface area contributed by atoms with Gasteiger partial charge in [-0.05, 0) is 6.07 Å². The third-order valence-corrected chi connectivity index (χ3v) is 2.86. The summed E-state index contributed by atoms with van der Waals surface area (Å²) in [5, 5.41) is 19.2. The lowest BCUT2D eigenvalue weighted by Crippen LogP contribution is -2.47. The number of anilines is 1. The average Bonchev–Trinajstić information content (AvgIpc) is 2.21. The molecule has 7 heteroatoms. The molecule has 1 aromatic rings. The number of benzene rings is 1. The predicted octanol–water partition coefficient (Wildman–Crippen LogP) is 1.64. The highest BCUT2D eigenvalue weighted by atomic mass is 19.1. The first-order valence-corrected chi connectivity index (χ1v) is 5.37. The number of nitro groups is 1. The lowest BCUT2D eigenvalue weighted by Gasteiger charge is -2.40. The Morgan fingerprint density at radius 3 is 2.72 bits per heavy atom. The highest BCUT2D eigenvalue weighted by Crippen LogP contribution is 2.30. The van der Waals surface area contributed by atoms with Gasteiger partial charge in [-0.15, -0.1) is 0 Å². The van der Waals surface area contributed by atoms with Gasteiger partial charge in [-0.25, -0.2) is 4.39 Å². The molecule has 0 aliphatic carbocycles. The molecule has 1 saturated heterocycles. The van der Waals surface area contributed by atoms with Gasteiger partial charge >= 0.3 is 5.97 Å². The zero-order valence-corrected chi connectivity index (χ0v) is 9.38. The van der Waals surface area contributed by atoms with Crippen molar-refractivity contribution in [3.05, 3.63) is 34.1 Å². The summed E-state index contributed by atoms with van der Waals surface area (Å²) in [5.74, 6) is -1.52. The van der Waals surface area contributed by atoms with E-state index in [1.807, 2.05) is 0 Å². The molecule has 0 unspecified atom stereocenters. The second kappa shape index (κ2) is 4.59. The van der Waals surface area contributed by atoms with Crippen molar-refractivity contribution >= 4 is 17.3 Å². The number of hydrogen-bond acceptors (Lipinski definition) is 4. The molecule has 1 fully saturated rings. The first-order chi connectivity index (χ1) is 8.45. The molecule has 6 nitrogen and oxygen atoms in total. The number of halogens is 1. The fourth-order valence-corrected chi connectivity index (χ4v) is 2.00. The molecule has 2 rings (SSSR count). The number of carbonyl (C=O) groups is 1. The molecule has 1 aromatic carbocycles. The van der Waals surface area contributed by atoms with Gasteiger partial charge in [-0.1, -0.05) is 0 Å². The normalized spacial score (nSPS) is 15.3. The summed E-state index contributed by atoms with van der Waals surface area (Å²) in [6.45, 7) is 0.958. The van der Waals surface area contributed by atoms with Crippen LogP contribution >= 0.6 is 0 Å². The summed E-state index contributed by atoms with van der Waals surface area (Å²) in [4.78, 5) is 22.1. The Bertz CT molecular complexity index is 500. The number of non-ortho nitro benzene ring substituents is 1. The van der Waals surface area contributed by atoms with Gasteiger partial charge in [0.2, 0.25) is 0 Å². The second-order valence-corrected chi connectivity index (χ2v) is 4.29. The molecule has 0 spiro atoms. The quantitative estimate of drug-likeness (QED) is 0.652. The molecule has 1 N–H and O–H groups in total. The predicted molar refractivity (Wildman–Crippen MR) is 61.0 cm³/mol. The van der Waals surface area contributed by atoms with Gasteiger partial charge in [0, 0.05) is 30.8 Å². The van der Waals surface area contributed by atoms with E-state index in [9.17, 15) is 19.3 Å². The maximum Gasteiger partial charge on any atom is 0.303 e. The third-order valence-electron chi connectivity index (χ3n) is 2.86. The smallest absolute Gasteiger partial charge is 0.303 e. The second-order valence-electron chi connectivity index (χ2n) is 4.29. The summed E-state index contributed by atoms with van der Waals surface area (Å²) in [6, 6.07) is 3.36. The number of nitro benzene ring substituents is 1. The van der Waals surface area contributed by atoms with Crippen molar-refractivity contribution in [1.82, 2.24) is 0 Å². The van der Waals surface area contributed by atoms with Crippen LogP contribution in [-0.4, -0.2) is 29.1 Å². The number of carboxylic acids is 1. The molecule has 0 radical (unpaired) electrons. The van der Waals surface area contributed by atoms with Gasteiger partial charge in [0.1, 0.15) is 5.82 Å². The first-order valence-electron chi connectivity index (χ1n) is 5.37. The topological polar surface area (TPSA) is 83.7 Å². The van der Waals surface area contributed by atoms with E-state index in [4.69, 9.17) is 5.11 Å². The van der Waals surface area contributed by atoms with Gasteiger partial charge in [-0.2, -0.15) is 0 Å². The highest BCUT2D eigenvalue weighted by molar-refractivity contribution is 5.68. The monoisotopic (exact) mass is 254 g/mol. The standard InChI is InChI=1S/C11H11FN2O4/c12-8-2-9(4-10(3-8)14(17)18)13-5-7(6-13)1-11(15)16/h2-4,7H,1,5-6H2,(H,15,16). The molecule has 0 amide bonds. The Hall–Kier alpha value is -2.18. The van der Waals surface area contributed by atoms with Crippen molar-refractivity contribution in [2.24, 2.45) is 5.92 Å². The van der Waals surface area contributed by atoms with Gasteiger partial charge in [0.05, 0.1) is 17.4 Å². The van der Waals surface area contributed by atoms with Crippen LogP contribution in [0.15, 0.2) is 18.2 Å². The molecule has 0 bridgehead atoms. The minimum absolute atomic E-state index is 0.0184. The molecule has 1 heterocycles. The van der Waals surface area contributed by atoms with E-state index in [2.05, 4.69) is 0 Å². The van der Waals surface area contributed by atoms with E-state index >= 15 is 0 Å². The van der Waals surface area contributed by atoms with Gasteiger partial charge in [0.25, 0.3) is 5.69 Å². The highest BCUT2D eigenvalue weighted by Gasteiger charge is 2.29. The number of carboxylic acid groups (broad SMARTS) is 1. The number of rotatable bonds is 4. The molecule has 0 saturated carbocycles.